The zero-order valence-electron chi connectivity index (χ0n) is 9.15. The number of benzene rings is 1. The largest absolute Gasteiger partial charge is 0.416 e. The fraction of sp³-hybridized carbons (Fsp3) is 0.273. The smallest absolute Gasteiger partial charge is 0.312 e. The van der Waals surface area contributed by atoms with Gasteiger partial charge >= 0.3 is 6.18 Å². The molecule has 0 spiro atoms. The van der Waals surface area contributed by atoms with Gasteiger partial charge in [0.2, 0.25) is 0 Å². The van der Waals surface area contributed by atoms with Gasteiger partial charge in [0.05, 0.1) is 18.0 Å². The predicted octanol–water partition coefficient (Wildman–Crippen LogP) is 3.08. The highest BCUT2D eigenvalue weighted by molar-refractivity contribution is 6.16. The molecule has 0 saturated carbocycles. The lowest BCUT2D eigenvalue weighted by Gasteiger charge is -2.08. The molecule has 0 saturated heterocycles. The van der Waals surface area contributed by atoms with Gasteiger partial charge in [-0.3, -0.25) is 0 Å². The van der Waals surface area contributed by atoms with Crippen molar-refractivity contribution in [1.82, 2.24) is 14.8 Å². The highest BCUT2D eigenvalue weighted by Gasteiger charge is 2.29. The van der Waals surface area contributed by atoms with E-state index in [1.54, 1.807) is 4.57 Å². The van der Waals surface area contributed by atoms with Crippen LogP contribution in [-0.4, -0.2) is 14.8 Å². The summed E-state index contributed by atoms with van der Waals surface area (Å²) in [5.74, 6) is 0.789. The minimum absolute atomic E-state index is 0.209. The van der Waals surface area contributed by atoms with Crippen LogP contribution >= 0.6 is 11.6 Å². The Hall–Kier alpha value is -1.56. The van der Waals surface area contributed by atoms with Crippen molar-refractivity contribution in [1.29, 1.82) is 0 Å². The summed E-state index contributed by atoms with van der Waals surface area (Å²) in [6.45, 7) is 0.396. The molecule has 0 N–H and O–H groups in total. The van der Waals surface area contributed by atoms with Gasteiger partial charge in [0.15, 0.2) is 0 Å². The minimum atomic E-state index is -4.31. The third-order valence-corrected chi connectivity index (χ3v) is 2.69. The molecule has 0 fully saturated rings. The normalized spacial score (nSPS) is 11.8. The Morgan fingerprint density at radius 2 is 1.83 bits per heavy atom. The van der Waals surface area contributed by atoms with Crippen molar-refractivity contribution in [3.05, 3.63) is 47.5 Å². The van der Waals surface area contributed by atoms with E-state index in [1.165, 1.54) is 18.5 Å². The van der Waals surface area contributed by atoms with Crippen LogP contribution in [0.25, 0.3) is 0 Å². The molecule has 1 aromatic carbocycles. The number of aromatic nitrogens is 3. The van der Waals surface area contributed by atoms with E-state index in [9.17, 15) is 13.2 Å². The lowest BCUT2D eigenvalue weighted by molar-refractivity contribution is -0.137. The molecule has 0 amide bonds. The second kappa shape index (κ2) is 4.97. The number of hydrogen-bond donors (Lipinski definition) is 0. The molecule has 18 heavy (non-hydrogen) atoms. The Balaban J connectivity index is 2.16. The number of alkyl halides is 4. The molecule has 0 aliphatic carbocycles. The molecular weight excluding hydrogens is 267 g/mol. The van der Waals surface area contributed by atoms with Crippen LogP contribution in [0.15, 0.2) is 30.6 Å². The van der Waals surface area contributed by atoms with Gasteiger partial charge in [0, 0.05) is 0 Å². The second-order valence-electron chi connectivity index (χ2n) is 3.70. The van der Waals surface area contributed by atoms with E-state index in [2.05, 4.69) is 10.2 Å². The molecule has 0 unspecified atom stereocenters. The summed E-state index contributed by atoms with van der Waals surface area (Å²) < 4.78 is 38.8. The van der Waals surface area contributed by atoms with Crippen molar-refractivity contribution >= 4 is 11.6 Å². The molecule has 0 aliphatic heterocycles. The summed E-state index contributed by atoms with van der Waals surface area (Å²) in [6.07, 6.45) is -2.81. The average molecular weight is 276 g/mol. The SMILES string of the molecule is FC(F)(F)c1ccc(Cn2cnnc2CCl)cc1. The van der Waals surface area contributed by atoms with Crippen molar-refractivity contribution in [2.75, 3.05) is 0 Å². The first kappa shape index (κ1) is 12.9. The molecule has 1 heterocycles. The maximum Gasteiger partial charge on any atom is 0.416 e. The quantitative estimate of drug-likeness (QED) is 0.806. The standard InChI is InChI=1S/C11H9ClF3N3/c12-5-10-17-16-7-18(10)6-8-1-3-9(4-2-8)11(13,14)15/h1-4,7H,5-6H2. The van der Waals surface area contributed by atoms with Crippen LogP contribution in [-0.2, 0) is 18.6 Å². The number of rotatable bonds is 3. The van der Waals surface area contributed by atoms with E-state index in [4.69, 9.17) is 11.6 Å². The monoisotopic (exact) mass is 275 g/mol. The van der Waals surface area contributed by atoms with Crippen molar-refractivity contribution in [2.24, 2.45) is 0 Å². The van der Waals surface area contributed by atoms with E-state index < -0.39 is 11.7 Å². The summed E-state index contributed by atoms with van der Waals surface area (Å²) in [6, 6.07) is 4.97. The van der Waals surface area contributed by atoms with Gasteiger partial charge in [-0.25, -0.2) is 0 Å². The van der Waals surface area contributed by atoms with E-state index in [0.29, 0.717) is 12.4 Å². The molecule has 2 rings (SSSR count). The Kier molecular flexibility index (Phi) is 3.56. The highest BCUT2D eigenvalue weighted by Crippen LogP contribution is 2.29. The topological polar surface area (TPSA) is 30.7 Å². The third kappa shape index (κ3) is 2.81. The van der Waals surface area contributed by atoms with Gasteiger partial charge in [0.25, 0.3) is 0 Å². The number of hydrogen-bond acceptors (Lipinski definition) is 2. The summed E-state index contributed by atoms with van der Waals surface area (Å²) in [7, 11) is 0. The van der Waals surface area contributed by atoms with Crippen molar-refractivity contribution < 1.29 is 13.2 Å². The number of halogens is 4. The predicted molar refractivity (Wildman–Crippen MR) is 60.1 cm³/mol. The molecule has 96 valence electrons. The summed E-state index contributed by atoms with van der Waals surface area (Å²) >= 11 is 5.65. The van der Waals surface area contributed by atoms with Crippen LogP contribution in [0.2, 0.25) is 0 Å². The Morgan fingerprint density at radius 1 is 1.17 bits per heavy atom. The first-order valence-electron chi connectivity index (χ1n) is 5.09. The van der Waals surface area contributed by atoms with Gasteiger partial charge in [-0.2, -0.15) is 13.2 Å². The van der Waals surface area contributed by atoms with Crippen LogP contribution in [0.4, 0.5) is 13.2 Å². The van der Waals surface area contributed by atoms with Crippen LogP contribution in [0.1, 0.15) is 17.0 Å². The first-order chi connectivity index (χ1) is 8.50. The molecule has 0 radical (unpaired) electrons. The number of nitrogens with zero attached hydrogens (tertiary/aromatic N) is 3. The molecule has 1 aromatic heterocycles. The average Bonchev–Trinajstić information content (AvgIpc) is 2.76. The fourth-order valence-corrected chi connectivity index (χ4v) is 1.72. The molecule has 7 heteroatoms. The van der Waals surface area contributed by atoms with Crippen LogP contribution in [0.3, 0.4) is 0 Å². The van der Waals surface area contributed by atoms with E-state index in [-0.39, 0.29) is 5.88 Å². The third-order valence-electron chi connectivity index (χ3n) is 2.45. The Labute approximate surface area is 106 Å². The van der Waals surface area contributed by atoms with Crippen LogP contribution in [0, 0.1) is 0 Å². The fourth-order valence-electron chi connectivity index (χ4n) is 1.51. The van der Waals surface area contributed by atoms with Gasteiger partial charge in [0.1, 0.15) is 12.2 Å². The highest BCUT2D eigenvalue weighted by atomic mass is 35.5. The Morgan fingerprint density at radius 3 is 2.39 bits per heavy atom. The first-order valence-corrected chi connectivity index (χ1v) is 5.63. The van der Waals surface area contributed by atoms with E-state index in [1.807, 2.05) is 0 Å². The molecule has 0 atom stereocenters. The molecule has 3 nitrogen and oxygen atoms in total. The maximum absolute atomic E-state index is 12.4. The molecule has 0 aliphatic rings. The molecule has 0 bridgehead atoms. The second-order valence-corrected chi connectivity index (χ2v) is 3.97. The zero-order valence-corrected chi connectivity index (χ0v) is 9.91. The van der Waals surface area contributed by atoms with Gasteiger partial charge in [-0.15, -0.1) is 21.8 Å². The summed E-state index contributed by atoms with van der Waals surface area (Å²) in [4.78, 5) is 0. The van der Waals surface area contributed by atoms with Crippen molar-refractivity contribution in [3.8, 4) is 0 Å². The van der Waals surface area contributed by atoms with Gasteiger partial charge < -0.3 is 4.57 Å². The maximum atomic E-state index is 12.4. The lowest BCUT2D eigenvalue weighted by Crippen LogP contribution is -2.06. The van der Waals surface area contributed by atoms with Crippen molar-refractivity contribution in [2.45, 2.75) is 18.6 Å². The molecule has 2 aromatic rings. The van der Waals surface area contributed by atoms with Gasteiger partial charge in [-0.05, 0) is 17.7 Å². The van der Waals surface area contributed by atoms with E-state index >= 15 is 0 Å². The summed E-state index contributed by atoms with van der Waals surface area (Å²) in [5.41, 5.74) is 0.0711. The van der Waals surface area contributed by atoms with E-state index in [0.717, 1.165) is 17.7 Å². The lowest BCUT2D eigenvalue weighted by atomic mass is 10.1. The Bertz CT molecular complexity index is 519. The van der Waals surface area contributed by atoms with Gasteiger partial charge in [-0.1, -0.05) is 12.1 Å². The van der Waals surface area contributed by atoms with Crippen LogP contribution < -0.4 is 0 Å². The van der Waals surface area contributed by atoms with Crippen molar-refractivity contribution in [3.63, 3.8) is 0 Å². The minimum Gasteiger partial charge on any atom is -0.312 e. The zero-order chi connectivity index (χ0) is 13.2. The summed E-state index contributed by atoms with van der Waals surface area (Å²) in [5, 5.41) is 7.48. The molecular formula is C11H9ClF3N3. The van der Waals surface area contributed by atoms with Crippen LogP contribution in [0.5, 0.6) is 0 Å².